The molecule has 18 nitrogen and oxygen atoms in total. The van der Waals surface area contributed by atoms with Crippen LogP contribution in [0.2, 0.25) is 10.0 Å². The maximum atomic E-state index is 14.4. The number of esters is 4. The largest absolute Gasteiger partial charge is 0.495 e. The Morgan fingerprint density at radius 1 is 0.281 bits per heavy atom. The summed E-state index contributed by atoms with van der Waals surface area (Å²) in [5.41, 5.74) is -2.14. The number of carbonyl (C=O) groups is 8. The van der Waals surface area contributed by atoms with Crippen LogP contribution in [0.25, 0.3) is 44.5 Å². The number of rotatable bonds is 23. The van der Waals surface area contributed by atoms with Crippen LogP contribution in [0, 0.1) is 69.8 Å². The van der Waals surface area contributed by atoms with Crippen LogP contribution < -0.4 is 29.1 Å². The smallest absolute Gasteiger partial charge is 0.326 e. The van der Waals surface area contributed by atoms with Crippen LogP contribution in [-0.2, 0) is 38.1 Å². The molecule has 0 aliphatic heterocycles. The highest BCUT2D eigenvalue weighted by Crippen LogP contribution is 2.38. The van der Waals surface area contributed by atoms with Gasteiger partial charge in [-0.15, -0.1) is 0 Å². The zero-order chi connectivity index (χ0) is 99.5. The number of hydrogen-bond donors (Lipinski definition) is 0. The van der Waals surface area contributed by atoms with Crippen molar-refractivity contribution in [3.8, 4) is 56.0 Å². The Bertz CT molecular complexity index is 6310. The molecule has 0 radical (unpaired) electrons. The van der Waals surface area contributed by atoms with Crippen LogP contribution >= 0.6 is 23.2 Å². The third kappa shape index (κ3) is 28.9. The maximum Gasteiger partial charge on any atom is 0.326 e. The van der Waals surface area contributed by atoms with Crippen molar-refractivity contribution in [3.63, 3.8) is 0 Å². The summed E-state index contributed by atoms with van der Waals surface area (Å²) in [5, 5.41) is 0.300. The first-order chi connectivity index (χ1) is 63.4. The molecule has 0 aliphatic rings. The molecule has 0 atom stereocenters. The van der Waals surface area contributed by atoms with Gasteiger partial charge in [0.25, 0.3) is 23.6 Å². The fourth-order valence-electron chi connectivity index (χ4n) is 13.1. The van der Waals surface area contributed by atoms with Crippen molar-refractivity contribution >= 4 is 93.5 Å². The average Bonchev–Trinajstić information content (AvgIpc) is 0.798. The van der Waals surface area contributed by atoms with Crippen LogP contribution in [0.3, 0.4) is 0 Å². The van der Waals surface area contributed by atoms with Crippen molar-refractivity contribution < 1.29 is 119 Å². The van der Waals surface area contributed by atoms with Gasteiger partial charge in [-0.2, -0.15) is 0 Å². The number of amides is 4. The fraction of sp³-hybridized carbons (Fsp3) is 0.223. The van der Waals surface area contributed by atoms with Gasteiger partial charge in [0.15, 0.2) is 17.5 Å². The van der Waals surface area contributed by atoms with Gasteiger partial charge in [0, 0.05) is 28.3 Å². The number of nitrogens with zero attached hydrogens (tertiary/aromatic N) is 4. The monoisotopic (exact) mass is 1910 g/mol. The lowest BCUT2D eigenvalue weighted by atomic mass is 10.0. The minimum Gasteiger partial charge on any atom is -0.495 e. The molecule has 0 fully saturated rings. The second-order valence-corrected chi connectivity index (χ2v) is 34.5. The number of anilines is 4. The first-order valence-electron chi connectivity index (χ1n) is 41.4. The minimum atomic E-state index is -1.68. The third-order valence-corrected chi connectivity index (χ3v) is 19.3. The first kappa shape index (κ1) is 104. The standard InChI is InChI=1S/C27H27F2NO4.C26H24ClF2NO4.C25H21ClF3NO3.C25H20F5NO3/c1-5-33-21-12-7-10-19(16-21)18-9-6-11-20(15-18)30(17-24(31)34-27(2,3)4)26(32)25-22(28)13-8-14-23(25)29;1-26(2,3)34-23(31)15-30(25(32)24-20(28)9-6-10-21(24)29)18-8-5-7-16(13-18)17-11-12-22(33-4)19(27)14-17;1-25(2,3)33-22(31)14-30(24(32)23-20(28)8-5-9-21(23)29)17-7-4-6-15(12-17)16-10-11-19(27)18(26)13-16;1-25(2,3)34-20(32)13-31(24(33)21-17(26)8-5-9-18(21)27)15-7-4-6-14(12-15)16-10-11-19(28)23(30)22(16)29/h6-16H,5,17H2,1-4H3;5-14H,15H2,1-4H3;4-13H,14H2,1-3H3;4-12H,13H2,1-3H3. The summed E-state index contributed by atoms with van der Waals surface area (Å²) in [7, 11) is 1.50. The Morgan fingerprint density at radius 3 is 0.830 bits per heavy atom. The summed E-state index contributed by atoms with van der Waals surface area (Å²) < 4.78 is 202. The SMILES string of the molecule is CC(C)(C)OC(=O)CN(C(=O)c1c(F)cccc1F)c1cccc(-c2ccc(F)c(Cl)c2)c1.CC(C)(C)OC(=O)CN(C(=O)c1c(F)cccc1F)c1cccc(-c2ccc(F)c(F)c2F)c1.CCOc1cccc(-c2cccc(N(CC(=O)OC(C)(C)C)C(=O)c3c(F)cccc3F)c2)c1.COc1ccc(-c2cccc(N(CC(=O)OC(C)(C)C)C(=O)c3c(F)cccc3F)c2)cc1Cl. The van der Waals surface area contributed by atoms with E-state index in [1.54, 1.807) is 156 Å². The van der Waals surface area contributed by atoms with E-state index in [0.717, 1.165) is 115 Å². The zero-order valence-electron chi connectivity index (χ0n) is 75.4. The Labute approximate surface area is 781 Å². The summed E-state index contributed by atoms with van der Waals surface area (Å²) in [4.78, 5) is 107. The molecule has 0 saturated heterocycles. The van der Waals surface area contributed by atoms with Crippen molar-refractivity contribution in [2.75, 3.05) is 59.5 Å². The molecular weight excluding hydrogens is 1820 g/mol. The van der Waals surface area contributed by atoms with Crippen LogP contribution in [0.15, 0.2) is 243 Å². The van der Waals surface area contributed by atoms with E-state index >= 15 is 0 Å². The van der Waals surface area contributed by atoms with Crippen LogP contribution in [0.4, 0.5) is 75.4 Å². The molecule has 0 unspecified atom stereocenters. The highest BCUT2D eigenvalue weighted by Gasteiger charge is 2.35. The number of halogens is 14. The van der Waals surface area contributed by atoms with Gasteiger partial charge in [-0.3, -0.25) is 58.0 Å². The minimum absolute atomic E-state index is 0.0323. The normalized spacial score (nSPS) is 11.2. The predicted molar refractivity (Wildman–Crippen MR) is 491 cm³/mol. The van der Waals surface area contributed by atoms with Crippen LogP contribution in [0.5, 0.6) is 11.5 Å². The van der Waals surface area contributed by atoms with Crippen LogP contribution in [0.1, 0.15) is 131 Å². The van der Waals surface area contributed by atoms with Crippen molar-refractivity contribution in [1.29, 1.82) is 0 Å². The number of benzene rings is 12. The third-order valence-electron chi connectivity index (χ3n) is 18.7. The van der Waals surface area contributed by atoms with E-state index in [4.69, 9.17) is 51.6 Å². The van der Waals surface area contributed by atoms with E-state index < -0.39 is 188 Å². The zero-order valence-corrected chi connectivity index (χ0v) is 76.9. The molecule has 135 heavy (non-hydrogen) atoms. The molecule has 4 amide bonds. The van der Waals surface area contributed by atoms with E-state index in [0.29, 0.717) is 39.8 Å². The Morgan fingerprint density at radius 2 is 0.541 bits per heavy atom. The molecule has 0 aliphatic carbocycles. The summed E-state index contributed by atoms with van der Waals surface area (Å²) >= 11 is 12.1. The molecule has 706 valence electrons. The molecule has 12 rings (SSSR count). The molecule has 0 saturated carbocycles. The van der Waals surface area contributed by atoms with Gasteiger partial charge in [-0.05, 0) is 275 Å². The highest BCUT2D eigenvalue weighted by molar-refractivity contribution is 6.32. The molecule has 12 aromatic rings. The Kier molecular flexibility index (Phi) is 35.2. The lowest BCUT2D eigenvalue weighted by Gasteiger charge is -2.26. The lowest BCUT2D eigenvalue weighted by molar-refractivity contribution is -0.154. The van der Waals surface area contributed by atoms with E-state index in [-0.39, 0.29) is 38.9 Å². The summed E-state index contributed by atoms with van der Waals surface area (Å²) in [6, 6.07) is 55.6. The summed E-state index contributed by atoms with van der Waals surface area (Å²) in [6.45, 7) is 19.9. The van der Waals surface area contributed by atoms with Crippen molar-refractivity contribution in [2.45, 2.75) is 112 Å². The van der Waals surface area contributed by atoms with Gasteiger partial charge < -0.3 is 28.4 Å². The molecule has 0 N–H and O–H groups in total. The molecular formula is C103H92Cl2F12N4O14. The quantitative estimate of drug-likeness (QED) is 0.0253. The summed E-state index contributed by atoms with van der Waals surface area (Å²) in [6.07, 6.45) is 0. The molecule has 32 heteroatoms. The van der Waals surface area contributed by atoms with Crippen molar-refractivity contribution in [1.82, 2.24) is 0 Å². The van der Waals surface area contributed by atoms with E-state index in [9.17, 15) is 91.0 Å². The van der Waals surface area contributed by atoms with Crippen molar-refractivity contribution in [2.24, 2.45) is 0 Å². The average molecular weight is 1910 g/mol. The van der Waals surface area contributed by atoms with Gasteiger partial charge in [-0.1, -0.05) is 120 Å². The molecule has 0 heterocycles. The second-order valence-electron chi connectivity index (χ2n) is 33.7. The maximum absolute atomic E-state index is 14.4. The Hall–Kier alpha value is -14.3. The number of methoxy groups -OCH3 is 1. The van der Waals surface area contributed by atoms with E-state index in [1.165, 1.54) is 67.8 Å². The van der Waals surface area contributed by atoms with E-state index in [1.807, 2.05) is 37.3 Å². The number of carbonyl (C=O) groups excluding carboxylic acids is 8. The van der Waals surface area contributed by atoms with Gasteiger partial charge in [0.1, 0.15) is 135 Å². The molecule has 0 aromatic heterocycles. The second kappa shape index (κ2) is 45.4. The number of hydrogen-bond acceptors (Lipinski definition) is 14. The van der Waals surface area contributed by atoms with E-state index in [2.05, 4.69) is 0 Å². The van der Waals surface area contributed by atoms with Gasteiger partial charge in [-0.25, -0.2) is 52.7 Å². The van der Waals surface area contributed by atoms with Gasteiger partial charge in [0.05, 0.1) is 23.8 Å². The lowest BCUT2D eigenvalue weighted by Crippen LogP contribution is -2.39. The molecule has 0 spiro atoms. The number of ether oxygens (including phenoxy) is 6. The first-order valence-corrected chi connectivity index (χ1v) is 42.2. The predicted octanol–water partition coefficient (Wildman–Crippen LogP) is 24.8. The Balaban J connectivity index is 0.000000202. The van der Waals surface area contributed by atoms with Gasteiger partial charge >= 0.3 is 23.9 Å². The summed E-state index contributed by atoms with van der Waals surface area (Å²) in [5.74, 6) is -19.7. The van der Waals surface area contributed by atoms with Crippen molar-refractivity contribution in [3.05, 3.63) is 345 Å². The molecule has 0 bridgehead atoms. The molecule has 12 aromatic carbocycles. The fourth-order valence-corrected chi connectivity index (χ4v) is 13.5. The van der Waals surface area contributed by atoms with Gasteiger partial charge in [0.2, 0.25) is 0 Å². The topological polar surface area (TPSA) is 205 Å². The van der Waals surface area contributed by atoms with Crippen LogP contribution in [-0.4, -0.2) is 110 Å². The highest BCUT2D eigenvalue weighted by atomic mass is 35.5.